The molecule has 1 unspecified atom stereocenters. The lowest BCUT2D eigenvalue weighted by atomic mass is 9.76. The molecule has 14 nitrogen and oxygen atoms in total. The number of rotatable bonds is 6. The maximum absolute atomic E-state index is 13.6. The van der Waals surface area contributed by atoms with Gasteiger partial charge < -0.3 is 19.6 Å². The van der Waals surface area contributed by atoms with Crippen LogP contribution in [0.4, 0.5) is 22.7 Å². The number of hydrogen-bond acceptors (Lipinski definition) is 10. The lowest BCUT2D eigenvalue weighted by molar-refractivity contribution is -0.136. The molecule has 0 saturated carbocycles. The number of imide groups is 2. The molecule has 6 aliphatic rings. The van der Waals surface area contributed by atoms with E-state index in [2.05, 4.69) is 53.8 Å². The van der Waals surface area contributed by atoms with E-state index in [0.717, 1.165) is 105 Å². The normalized spacial score (nSPS) is 23.8. The number of piperazine rings is 1. The summed E-state index contributed by atoms with van der Waals surface area (Å²) in [5, 5.41) is 2.74. The van der Waals surface area contributed by atoms with Crippen molar-refractivity contribution in [1.29, 1.82) is 0 Å². The molecular weight excluding hydrogens is 770 g/mol. The van der Waals surface area contributed by atoms with Crippen molar-refractivity contribution in [1.82, 2.24) is 25.0 Å². The Morgan fingerprint density at radius 2 is 1.54 bits per heavy atom. The predicted octanol–water partition coefficient (Wildman–Crippen LogP) is 5.00. The van der Waals surface area contributed by atoms with Crippen molar-refractivity contribution in [3.05, 3.63) is 88.0 Å². The Hall–Kier alpha value is -5.52. The Morgan fingerprint density at radius 1 is 0.847 bits per heavy atom. The van der Waals surface area contributed by atoms with E-state index in [9.17, 15) is 24.0 Å². The van der Waals surface area contributed by atoms with Crippen molar-refractivity contribution in [3.63, 3.8) is 0 Å². The fraction of sp³-hybridized carbons (Fsp3) is 0.477. The number of carbonyl (C=O) groups excluding carboxylic acids is 5. The van der Waals surface area contributed by atoms with Crippen molar-refractivity contribution >= 4 is 63.9 Å². The Kier molecular flexibility index (Phi) is 10.3. The molecule has 9 rings (SSSR count). The molecule has 5 amide bonds. The average molecular weight is 818 g/mol. The molecule has 1 N–H and O–H groups in total. The maximum atomic E-state index is 13.6. The molecule has 2 aromatic carbocycles. The number of nitrogens with zero attached hydrogens (tertiary/aromatic N) is 8. The number of piperidine rings is 3. The van der Waals surface area contributed by atoms with Gasteiger partial charge in [-0.25, -0.2) is 9.83 Å². The first-order chi connectivity index (χ1) is 28.5. The fourth-order valence-electron chi connectivity index (χ4n) is 10.3. The monoisotopic (exact) mass is 817 g/mol. The van der Waals surface area contributed by atoms with Crippen LogP contribution in [-0.4, -0.2) is 126 Å². The van der Waals surface area contributed by atoms with E-state index in [0.29, 0.717) is 35.9 Å². The molecule has 0 bridgehead atoms. The van der Waals surface area contributed by atoms with Gasteiger partial charge in [0.25, 0.3) is 17.7 Å². The van der Waals surface area contributed by atoms with E-state index in [1.54, 1.807) is 12.3 Å². The van der Waals surface area contributed by atoms with Gasteiger partial charge in [0.05, 0.1) is 24.0 Å². The van der Waals surface area contributed by atoms with Crippen molar-refractivity contribution in [3.8, 4) is 0 Å². The summed E-state index contributed by atoms with van der Waals surface area (Å²) < 4.78 is 0. The summed E-state index contributed by atoms with van der Waals surface area (Å²) in [7, 11) is 0. The molecular formula is C44H48ClN9O5. The standard InChI is InChI=1S/C44H48ClN9O5/c1-28-25-44(27-53(28)32-7-8-36(46-2)35(45)24-32)13-17-50(18-14-44)30-5-3-29(4-6-30)41(57)52-21-19-51(20-22-52)31-11-15-49(16-12-31)33-23-34-39(47-26-33)43(59)54(42(34)58)37-9-10-38(55)48-40(37)56/h3-8,23-24,26,28,31,37H,9-22,25,27H2,1H3,(H,48,55,56)/t28-,37?/m0/s1. The van der Waals surface area contributed by atoms with Crippen LogP contribution >= 0.6 is 11.6 Å². The zero-order chi connectivity index (χ0) is 41.0. The Morgan fingerprint density at radius 3 is 2.22 bits per heavy atom. The summed E-state index contributed by atoms with van der Waals surface area (Å²) in [6.07, 6.45) is 6.98. The third-order valence-corrected chi connectivity index (χ3v) is 14.0. The van der Waals surface area contributed by atoms with Gasteiger partial charge in [0.15, 0.2) is 0 Å². The van der Waals surface area contributed by atoms with Crippen molar-refractivity contribution < 1.29 is 24.0 Å². The molecule has 7 heterocycles. The molecule has 2 atom stereocenters. The van der Waals surface area contributed by atoms with Crippen LogP contribution in [0.1, 0.15) is 83.1 Å². The van der Waals surface area contributed by atoms with Crippen molar-refractivity contribution in [2.45, 2.75) is 70.0 Å². The third-order valence-electron chi connectivity index (χ3n) is 13.7. The summed E-state index contributed by atoms with van der Waals surface area (Å²) in [6.45, 7) is 17.0. The summed E-state index contributed by atoms with van der Waals surface area (Å²) >= 11 is 6.39. The quantitative estimate of drug-likeness (QED) is 0.268. The molecule has 3 aromatic rings. The van der Waals surface area contributed by atoms with Gasteiger partial charge in [-0.15, -0.1) is 0 Å². The first-order valence-corrected chi connectivity index (χ1v) is 21.2. The van der Waals surface area contributed by atoms with Crippen LogP contribution < -0.4 is 20.0 Å². The largest absolute Gasteiger partial charge is 0.371 e. The van der Waals surface area contributed by atoms with Crippen LogP contribution in [0.3, 0.4) is 0 Å². The van der Waals surface area contributed by atoms with Gasteiger partial charge in [0.2, 0.25) is 17.5 Å². The number of carbonyl (C=O) groups is 5. The second kappa shape index (κ2) is 15.6. The van der Waals surface area contributed by atoms with Crippen molar-refractivity contribution in [2.24, 2.45) is 5.41 Å². The second-order valence-electron chi connectivity index (χ2n) is 17.0. The van der Waals surface area contributed by atoms with Gasteiger partial charge in [-0.2, -0.15) is 0 Å². The van der Waals surface area contributed by atoms with Gasteiger partial charge >= 0.3 is 0 Å². The number of hydrogen-bond donors (Lipinski definition) is 1. The van der Waals surface area contributed by atoms with Crippen LogP contribution in [0, 0.1) is 12.0 Å². The van der Waals surface area contributed by atoms with E-state index in [1.165, 1.54) is 0 Å². The Labute approximate surface area is 348 Å². The minimum atomic E-state index is -1.02. The Balaban J connectivity index is 0.736. The number of pyridine rings is 1. The molecule has 15 heteroatoms. The van der Waals surface area contributed by atoms with Crippen molar-refractivity contribution in [2.75, 3.05) is 73.6 Å². The fourth-order valence-corrected chi connectivity index (χ4v) is 10.5. The number of fused-ring (bicyclic) bond motifs is 1. The SMILES string of the molecule is [C-]#[N+]c1ccc(N2CC3(CCN(c4ccc(C(=O)N5CCN(C6CCN(c7cnc8c(c7)C(=O)N(C7CCC(=O)NC7=O)C8=O)CC6)CC5)cc4)CC3)C[C@@H]2C)cc1Cl. The predicted molar refractivity (Wildman–Crippen MR) is 223 cm³/mol. The Bertz CT molecular complexity index is 2240. The van der Waals surface area contributed by atoms with Crippen LogP contribution in [0.15, 0.2) is 54.7 Å². The van der Waals surface area contributed by atoms with Crippen LogP contribution in [0.5, 0.6) is 0 Å². The minimum absolute atomic E-state index is 0.0398. The summed E-state index contributed by atoms with van der Waals surface area (Å²) in [5.74, 6) is -2.13. The number of aromatic nitrogens is 1. The molecule has 1 spiro atoms. The lowest BCUT2D eigenvalue weighted by Gasteiger charge is -2.43. The van der Waals surface area contributed by atoms with E-state index in [-0.39, 0.29) is 35.4 Å². The van der Waals surface area contributed by atoms with E-state index >= 15 is 0 Å². The zero-order valence-electron chi connectivity index (χ0n) is 33.2. The molecule has 1 aromatic heterocycles. The molecule has 0 aliphatic carbocycles. The highest BCUT2D eigenvalue weighted by Gasteiger charge is 2.46. The molecule has 5 saturated heterocycles. The molecule has 0 radical (unpaired) electrons. The average Bonchev–Trinajstić information content (AvgIpc) is 3.71. The highest BCUT2D eigenvalue weighted by Crippen LogP contribution is 2.46. The number of halogens is 1. The minimum Gasteiger partial charge on any atom is -0.371 e. The maximum Gasteiger partial charge on any atom is 0.280 e. The molecule has 6 aliphatic heterocycles. The molecule has 5 fully saturated rings. The third kappa shape index (κ3) is 7.29. The van der Waals surface area contributed by atoms with Crippen LogP contribution in [0.25, 0.3) is 4.85 Å². The van der Waals surface area contributed by atoms with E-state index in [1.807, 2.05) is 35.2 Å². The first kappa shape index (κ1) is 39.0. The van der Waals surface area contributed by atoms with Gasteiger partial charge in [0, 0.05) is 99.4 Å². The zero-order valence-corrected chi connectivity index (χ0v) is 34.0. The van der Waals surface area contributed by atoms with Gasteiger partial charge in [-0.1, -0.05) is 17.7 Å². The van der Waals surface area contributed by atoms with Gasteiger partial charge in [-0.05, 0) is 93.3 Å². The number of anilines is 3. The van der Waals surface area contributed by atoms with Crippen LogP contribution in [-0.2, 0) is 9.59 Å². The molecule has 59 heavy (non-hydrogen) atoms. The smallest absolute Gasteiger partial charge is 0.280 e. The highest BCUT2D eigenvalue weighted by atomic mass is 35.5. The topological polar surface area (TPSA) is 134 Å². The van der Waals surface area contributed by atoms with Crippen LogP contribution in [0.2, 0.25) is 5.02 Å². The van der Waals surface area contributed by atoms with Gasteiger partial charge in [0.1, 0.15) is 11.7 Å². The highest BCUT2D eigenvalue weighted by molar-refractivity contribution is 6.33. The van der Waals surface area contributed by atoms with E-state index in [4.69, 9.17) is 18.2 Å². The lowest BCUT2D eigenvalue weighted by Crippen LogP contribution is -2.54. The summed E-state index contributed by atoms with van der Waals surface area (Å²) in [4.78, 5) is 84.4. The molecule has 306 valence electrons. The number of nitrogens with one attached hydrogen (secondary N) is 1. The summed E-state index contributed by atoms with van der Waals surface area (Å²) in [6, 6.07) is 15.4. The van der Waals surface area contributed by atoms with Gasteiger partial charge in [-0.3, -0.25) is 39.1 Å². The van der Waals surface area contributed by atoms with E-state index < -0.39 is 29.7 Å². The number of amides is 5. The summed E-state index contributed by atoms with van der Waals surface area (Å²) in [5.41, 5.74) is 4.70. The number of benzene rings is 2. The second-order valence-corrected chi connectivity index (χ2v) is 17.5. The first-order valence-electron chi connectivity index (χ1n) is 20.8.